The number of pyridine rings is 2. The van der Waals surface area contributed by atoms with Crippen LogP contribution in [0, 0.1) is 5.82 Å². The Labute approximate surface area is 294 Å². The number of halogens is 1. The van der Waals surface area contributed by atoms with Crippen molar-refractivity contribution in [3.8, 4) is 29.0 Å². The lowest BCUT2D eigenvalue weighted by atomic mass is 10.2. The molecule has 15 nitrogen and oxygen atoms in total. The van der Waals surface area contributed by atoms with Crippen molar-refractivity contribution in [2.75, 3.05) is 45.0 Å². The molecule has 4 aromatic heterocycles. The summed E-state index contributed by atoms with van der Waals surface area (Å²) in [6.07, 6.45) is 8.08. The molecule has 6 heterocycles. The number of methoxy groups -OCH3 is 1. The van der Waals surface area contributed by atoms with Crippen LogP contribution in [0.25, 0.3) is 22.1 Å². The van der Waals surface area contributed by atoms with Crippen molar-refractivity contribution in [2.45, 2.75) is 19.5 Å². The van der Waals surface area contributed by atoms with E-state index in [4.69, 9.17) is 35.2 Å². The van der Waals surface area contributed by atoms with Gasteiger partial charge >= 0.3 is 11.4 Å². The minimum atomic E-state index is -0.456. The molecule has 0 spiro atoms. The van der Waals surface area contributed by atoms with Crippen molar-refractivity contribution in [1.82, 2.24) is 29.1 Å². The number of benzene rings is 2. The maximum atomic E-state index is 13.9. The van der Waals surface area contributed by atoms with E-state index in [1.165, 1.54) is 10.6 Å². The fourth-order valence-corrected chi connectivity index (χ4v) is 5.78. The smallest absolute Gasteiger partial charge is 0.326 e. The number of imidazole rings is 2. The van der Waals surface area contributed by atoms with Crippen molar-refractivity contribution >= 4 is 33.7 Å². The van der Waals surface area contributed by atoms with E-state index in [1.54, 1.807) is 48.1 Å². The van der Waals surface area contributed by atoms with Crippen molar-refractivity contribution in [1.29, 1.82) is 0 Å². The number of ether oxygens (including phenoxy) is 5. The van der Waals surface area contributed by atoms with Gasteiger partial charge in [0.05, 0.1) is 37.8 Å². The van der Waals surface area contributed by atoms with E-state index in [-0.39, 0.29) is 48.5 Å². The molecule has 2 aromatic carbocycles. The zero-order chi connectivity index (χ0) is 36.2. The summed E-state index contributed by atoms with van der Waals surface area (Å²) in [4.78, 5) is 38.7. The number of hydrogen-bond donors (Lipinski definition) is 4. The number of nitrogens with zero attached hydrogens (tertiary/aromatic N) is 4. The van der Waals surface area contributed by atoms with Gasteiger partial charge < -0.3 is 45.1 Å². The summed E-state index contributed by atoms with van der Waals surface area (Å²) in [5, 5.41) is 0. The first kappa shape index (κ1) is 33.8. The molecule has 6 N–H and O–H groups in total. The standard InChI is InChI=1S/C19H20N4O4.C17H15FN4O3/c1-25-13-7-12-8-14(9-13)26-5-3-2-4-6-27-16-10-15-17(18(20)21-16)22-19(24)23(15)11-12;18-11-4-3-10-7-13(11)24-5-1-2-6-25-14-8-12-15(16(19)20-14)21-17(23)22(12)9-10/h2-3,7-10H,4-6,11H2,1H3,(H2,20,21)(H,22,24);1-4,7-8H,5-6,9H2,(H2,19,20)(H,21,23)/b3-2+;2-1+. The Kier molecular flexibility index (Phi) is 9.51. The first-order valence-corrected chi connectivity index (χ1v) is 16.3. The van der Waals surface area contributed by atoms with E-state index in [1.807, 2.05) is 30.4 Å². The van der Waals surface area contributed by atoms with Crippen molar-refractivity contribution in [2.24, 2.45) is 0 Å². The van der Waals surface area contributed by atoms with Crippen LogP contribution in [0.1, 0.15) is 17.5 Å². The van der Waals surface area contributed by atoms with Crippen molar-refractivity contribution in [3.05, 3.63) is 111 Å². The molecule has 0 radical (unpaired) electrons. The Morgan fingerprint density at radius 3 is 2.04 bits per heavy atom. The van der Waals surface area contributed by atoms with Gasteiger partial charge in [-0.05, 0) is 54.0 Å². The summed E-state index contributed by atoms with van der Waals surface area (Å²) < 4.78 is 44.8. The third-order valence-electron chi connectivity index (χ3n) is 8.27. The average molecular weight is 711 g/mol. The predicted octanol–water partition coefficient (Wildman–Crippen LogP) is 3.90. The number of aromatic nitrogens is 6. The number of nitrogen functional groups attached to an aromatic ring is 2. The fourth-order valence-electron chi connectivity index (χ4n) is 5.78. The molecule has 16 heteroatoms. The molecular weight excluding hydrogens is 675 g/mol. The lowest BCUT2D eigenvalue weighted by Crippen LogP contribution is -2.17. The highest BCUT2D eigenvalue weighted by atomic mass is 19.1. The van der Waals surface area contributed by atoms with Crippen molar-refractivity contribution < 1.29 is 28.1 Å². The van der Waals surface area contributed by atoms with Gasteiger partial charge in [-0.15, -0.1) is 0 Å². The minimum absolute atomic E-state index is 0.134. The van der Waals surface area contributed by atoms with Gasteiger partial charge in [0.1, 0.15) is 42.4 Å². The molecule has 2 aliphatic heterocycles. The summed E-state index contributed by atoms with van der Waals surface area (Å²) in [6, 6.07) is 13.5. The Balaban J connectivity index is 0.000000162. The van der Waals surface area contributed by atoms with Crippen LogP contribution in [0.15, 0.2) is 82.4 Å². The second-order valence-electron chi connectivity index (χ2n) is 11.8. The second kappa shape index (κ2) is 14.6. The van der Waals surface area contributed by atoms with Crippen LogP contribution in [-0.4, -0.2) is 62.6 Å². The Hall–Kier alpha value is -6.71. The number of H-pyrrole nitrogens is 2. The van der Waals surface area contributed by atoms with E-state index in [9.17, 15) is 14.0 Å². The zero-order valence-electron chi connectivity index (χ0n) is 28.1. The molecule has 52 heavy (non-hydrogen) atoms. The molecule has 0 aliphatic carbocycles. The Morgan fingerprint density at radius 1 is 0.731 bits per heavy atom. The molecule has 0 atom stereocenters. The third kappa shape index (κ3) is 7.26. The van der Waals surface area contributed by atoms with Crippen LogP contribution in [0.2, 0.25) is 0 Å². The minimum Gasteiger partial charge on any atom is -0.497 e. The van der Waals surface area contributed by atoms with Crippen LogP contribution in [-0.2, 0) is 13.1 Å². The number of anilines is 2. The quantitative estimate of drug-likeness (QED) is 0.181. The highest BCUT2D eigenvalue weighted by Crippen LogP contribution is 2.27. The lowest BCUT2D eigenvalue weighted by molar-refractivity contribution is 0.312. The molecule has 0 unspecified atom stereocenters. The molecule has 8 bridgehead atoms. The number of rotatable bonds is 1. The molecule has 6 aromatic rings. The van der Waals surface area contributed by atoms with Gasteiger partial charge in [-0.3, -0.25) is 9.13 Å². The van der Waals surface area contributed by atoms with E-state index in [2.05, 4.69) is 19.9 Å². The number of nitrogens with two attached hydrogens (primary N) is 2. The summed E-state index contributed by atoms with van der Waals surface area (Å²) in [5.41, 5.74) is 15.1. The van der Waals surface area contributed by atoms with Crippen LogP contribution >= 0.6 is 0 Å². The van der Waals surface area contributed by atoms with Crippen LogP contribution in [0.3, 0.4) is 0 Å². The Bertz CT molecular complexity index is 2450. The maximum absolute atomic E-state index is 13.9. The molecule has 0 amide bonds. The van der Waals surface area contributed by atoms with Crippen molar-refractivity contribution in [3.63, 3.8) is 0 Å². The van der Waals surface area contributed by atoms with E-state index < -0.39 is 5.82 Å². The summed E-state index contributed by atoms with van der Waals surface area (Å²) in [5.74, 6) is 2.13. The number of fused-ring (bicyclic) bond motifs is 6. The average Bonchev–Trinajstić information content (AvgIpc) is 3.61. The van der Waals surface area contributed by atoms with E-state index in [0.29, 0.717) is 71.5 Å². The molecule has 0 saturated carbocycles. The van der Waals surface area contributed by atoms with E-state index in [0.717, 1.165) is 11.1 Å². The molecule has 2 aliphatic rings. The van der Waals surface area contributed by atoms with Gasteiger partial charge in [0.25, 0.3) is 0 Å². The predicted molar refractivity (Wildman–Crippen MR) is 192 cm³/mol. The van der Waals surface area contributed by atoms with Gasteiger partial charge in [-0.1, -0.05) is 18.2 Å². The number of nitrogens with one attached hydrogen (secondary N) is 2. The summed E-state index contributed by atoms with van der Waals surface area (Å²) in [6.45, 7) is 1.89. The van der Waals surface area contributed by atoms with Gasteiger partial charge in [-0.25, -0.2) is 14.0 Å². The van der Waals surface area contributed by atoms with Gasteiger partial charge in [0.2, 0.25) is 11.8 Å². The molecule has 0 fully saturated rings. The van der Waals surface area contributed by atoms with Gasteiger partial charge in [0, 0.05) is 18.2 Å². The lowest BCUT2D eigenvalue weighted by Gasteiger charge is -2.11. The fraction of sp³-hybridized carbons (Fsp3) is 0.222. The molecule has 0 saturated heterocycles. The van der Waals surface area contributed by atoms with Gasteiger partial charge in [0.15, 0.2) is 23.2 Å². The first-order chi connectivity index (χ1) is 25.2. The monoisotopic (exact) mass is 710 g/mol. The summed E-state index contributed by atoms with van der Waals surface area (Å²) in [7, 11) is 1.60. The zero-order valence-corrected chi connectivity index (χ0v) is 28.1. The largest absolute Gasteiger partial charge is 0.497 e. The molecule has 8 rings (SSSR count). The molecular formula is C36H35FN8O7. The van der Waals surface area contributed by atoms with Crippen LogP contribution in [0.5, 0.6) is 29.0 Å². The highest BCUT2D eigenvalue weighted by Gasteiger charge is 2.16. The summed E-state index contributed by atoms with van der Waals surface area (Å²) >= 11 is 0. The number of hydrogen-bond acceptors (Lipinski definition) is 11. The normalized spacial score (nSPS) is 15.4. The maximum Gasteiger partial charge on any atom is 0.326 e. The third-order valence-corrected chi connectivity index (χ3v) is 8.27. The molecule has 268 valence electrons. The van der Waals surface area contributed by atoms with E-state index >= 15 is 0 Å². The first-order valence-electron chi connectivity index (χ1n) is 16.3. The van der Waals surface area contributed by atoms with Crippen LogP contribution in [0.4, 0.5) is 16.0 Å². The number of aromatic amines is 2. The SMILES string of the molecule is COc1cc2cc(c1)OC/C=C/CCOc1cc3c([nH]c(=O)n3C2)c(N)n1.Nc1nc2cc3c1[nH]c(=O)n3Cc1ccc(F)c(c1)OC/C=C/CO2. The van der Waals surface area contributed by atoms with Gasteiger partial charge in [-0.2, -0.15) is 9.97 Å². The Morgan fingerprint density at radius 2 is 1.35 bits per heavy atom. The van der Waals surface area contributed by atoms with Crippen LogP contribution < -0.4 is 46.5 Å². The topological polar surface area (TPSA) is 200 Å². The second-order valence-corrected chi connectivity index (χ2v) is 11.8. The highest BCUT2D eigenvalue weighted by molar-refractivity contribution is 5.86.